The first-order valence-electron chi connectivity index (χ1n) is 11.9. The van der Waals surface area contributed by atoms with Crippen LogP contribution in [0, 0.1) is 19.7 Å². The predicted octanol–water partition coefficient (Wildman–Crippen LogP) is 5.68. The van der Waals surface area contributed by atoms with Gasteiger partial charge in [-0.1, -0.05) is 23.5 Å². The summed E-state index contributed by atoms with van der Waals surface area (Å²) in [6.45, 7) is 9.26. The van der Waals surface area contributed by atoms with Gasteiger partial charge in [-0.15, -0.1) is 11.8 Å². The number of thiazole rings is 1. The Morgan fingerprint density at radius 2 is 1.85 bits per heavy atom. The zero-order valence-corrected chi connectivity index (χ0v) is 21.5. The first-order valence-corrected chi connectivity index (χ1v) is 13.7. The summed E-state index contributed by atoms with van der Waals surface area (Å²) in [4.78, 5) is 23.5. The molecule has 0 spiro atoms. The summed E-state index contributed by atoms with van der Waals surface area (Å²) in [6, 6.07) is 10.7. The molecule has 2 aromatic carbocycles. The number of morpholine rings is 1. The molecule has 182 valence electrons. The number of hydrogen-bond acceptors (Lipinski definition) is 6. The van der Waals surface area contributed by atoms with Gasteiger partial charge in [0.05, 0.1) is 23.4 Å². The van der Waals surface area contributed by atoms with Gasteiger partial charge in [0.15, 0.2) is 5.13 Å². The maximum atomic E-state index is 13.3. The largest absolute Gasteiger partial charge is 0.379 e. The topological polar surface area (TPSA) is 45.7 Å². The highest BCUT2D eigenvalue weighted by molar-refractivity contribution is 7.99. The van der Waals surface area contributed by atoms with E-state index in [1.807, 2.05) is 4.90 Å². The predicted molar refractivity (Wildman–Crippen MR) is 140 cm³/mol. The number of benzene rings is 2. The highest BCUT2D eigenvalue weighted by Gasteiger charge is 2.21. The Morgan fingerprint density at radius 3 is 2.59 bits per heavy atom. The van der Waals surface area contributed by atoms with Crippen molar-refractivity contribution in [2.75, 3.05) is 50.0 Å². The van der Waals surface area contributed by atoms with Crippen molar-refractivity contribution in [3.63, 3.8) is 0 Å². The Morgan fingerprint density at radius 1 is 1.12 bits per heavy atom. The van der Waals surface area contributed by atoms with Crippen molar-refractivity contribution in [3.05, 3.63) is 53.3 Å². The van der Waals surface area contributed by atoms with E-state index < -0.39 is 0 Å². The van der Waals surface area contributed by atoms with E-state index in [1.165, 1.54) is 17.7 Å². The van der Waals surface area contributed by atoms with Gasteiger partial charge in [-0.2, -0.15) is 0 Å². The van der Waals surface area contributed by atoms with E-state index in [1.54, 1.807) is 35.2 Å². The van der Waals surface area contributed by atoms with E-state index in [4.69, 9.17) is 9.72 Å². The fourth-order valence-electron chi connectivity index (χ4n) is 4.05. The molecule has 1 saturated heterocycles. The van der Waals surface area contributed by atoms with E-state index in [0.717, 1.165) is 77.2 Å². The van der Waals surface area contributed by atoms with Gasteiger partial charge < -0.3 is 4.74 Å². The fraction of sp³-hybridized carbons (Fsp3) is 0.462. The molecule has 0 N–H and O–H groups in total. The summed E-state index contributed by atoms with van der Waals surface area (Å²) in [5.41, 5.74) is 3.33. The number of aromatic nitrogens is 1. The van der Waals surface area contributed by atoms with Gasteiger partial charge in [0.25, 0.3) is 0 Å². The number of anilines is 1. The SMILES string of the molecule is Cc1ccc(C)c2sc(N(CCCN3CCOCC3)C(=O)CCCSc3ccc(F)cc3)nc12. The zero-order valence-electron chi connectivity index (χ0n) is 19.9. The molecule has 8 heteroatoms. The van der Waals surface area contributed by atoms with Crippen molar-refractivity contribution in [3.8, 4) is 0 Å². The second-order valence-electron chi connectivity index (χ2n) is 8.63. The molecule has 1 aromatic heterocycles. The van der Waals surface area contributed by atoms with Crippen LogP contribution in [-0.2, 0) is 9.53 Å². The van der Waals surface area contributed by atoms with E-state index in [0.29, 0.717) is 13.0 Å². The van der Waals surface area contributed by atoms with E-state index in [2.05, 4.69) is 30.9 Å². The van der Waals surface area contributed by atoms with Crippen molar-refractivity contribution in [2.24, 2.45) is 0 Å². The summed E-state index contributed by atoms with van der Waals surface area (Å²) in [5, 5.41) is 0.797. The van der Waals surface area contributed by atoms with Gasteiger partial charge in [-0.3, -0.25) is 14.6 Å². The second kappa shape index (κ2) is 12.1. The minimum atomic E-state index is -0.228. The maximum absolute atomic E-state index is 13.3. The summed E-state index contributed by atoms with van der Waals surface area (Å²) in [6.07, 6.45) is 2.15. The van der Waals surface area contributed by atoms with E-state index >= 15 is 0 Å². The molecule has 2 heterocycles. The Bertz CT molecular complexity index is 1060. The first-order chi connectivity index (χ1) is 16.5. The van der Waals surface area contributed by atoms with Gasteiger partial charge in [0, 0.05) is 37.5 Å². The number of amides is 1. The van der Waals surface area contributed by atoms with Gasteiger partial charge in [-0.05, 0) is 67.8 Å². The van der Waals surface area contributed by atoms with Gasteiger partial charge in [-0.25, -0.2) is 9.37 Å². The number of ether oxygens (including phenoxy) is 1. The van der Waals surface area contributed by atoms with Crippen LogP contribution in [0.4, 0.5) is 9.52 Å². The van der Waals surface area contributed by atoms with Crippen LogP contribution >= 0.6 is 23.1 Å². The number of aryl methyl sites for hydroxylation is 2. The number of carbonyl (C=O) groups is 1. The van der Waals surface area contributed by atoms with Crippen LogP contribution in [0.2, 0.25) is 0 Å². The van der Waals surface area contributed by atoms with E-state index in [9.17, 15) is 9.18 Å². The number of nitrogens with zero attached hydrogens (tertiary/aromatic N) is 3. The molecule has 0 saturated carbocycles. The highest BCUT2D eigenvalue weighted by Crippen LogP contribution is 2.33. The average molecular weight is 502 g/mol. The third kappa shape index (κ3) is 6.56. The van der Waals surface area contributed by atoms with Crippen molar-refractivity contribution in [1.29, 1.82) is 0 Å². The second-order valence-corrected chi connectivity index (χ2v) is 10.8. The average Bonchev–Trinajstić information content (AvgIpc) is 3.30. The standard InChI is InChI=1S/C26H32FN3O2S2/c1-19-6-7-20(2)25-24(19)28-26(34-25)30(13-4-12-29-14-16-32-17-15-29)23(31)5-3-18-33-22-10-8-21(27)9-11-22/h6-11H,3-5,12-18H2,1-2H3. The normalized spacial score (nSPS) is 14.6. The molecule has 34 heavy (non-hydrogen) atoms. The minimum absolute atomic E-state index is 0.121. The number of thioether (sulfide) groups is 1. The van der Waals surface area contributed by atoms with Crippen LogP contribution in [0.25, 0.3) is 10.2 Å². The molecule has 0 unspecified atom stereocenters. The molecule has 1 fully saturated rings. The third-order valence-corrected chi connectivity index (χ3v) is 8.35. The summed E-state index contributed by atoms with van der Waals surface area (Å²) >= 11 is 3.27. The monoisotopic (exact) mass is 501 g/mol. The van der Waals surface area contributed by atoms with Crippen molar-refractivity contribution < 1.29 is 13.9 Å². The Kier molecular flexibility index (Phi) is 8.94. The molecule has 1 aliphatic rings. The van der Waals surface area contributed by atoms with Crippen LogP contribution in [0.1, 0.15) is 30.4 Å². The molecule has 0 atom stereocenters. The van der Waals surface area contributed by atoms with Gasteiger partial charge >= 0.3 is 0 Å². The summed E-state index contributed by atoms with van der Waals surface area (Å²) < 4.78 is 19.7. The Balaban J connectivity index is 1.40. The molecule has 1 aliphatic heterocycles. The molecule has 5 nitrogen and oxygen atoms in total. The maximum Gasteiger partial charge on any atom is 0.228 e. The van der Waals surface area contributed by atoms with Crippen LogP contribution in [0.5, 0.6) is 0 Å². The Hall–Kier alpha value is -2.00. The number of halogens is 1. The lowest BCUT2D eigenvalue weighted by atomic mass is 10.1. The third-order valence-electron chi connectivity index (χ3n) is 6.04. The van der Waals surface area contributed by atoms with Crippen molar-refractivity contribution in [1.82, 2.24) is 9.88 Å². The molecule has 3 aromatic rings. The number of fused-ring (bicyclic) bond motifs is 1. The van der Waals surface area contributed by atoms with Crippen LogP contribution < -0.4 is 4.90 Å². The van der Waals surface area contributed by atoms with Crippen molar-refractivity contribution in [2.45, 2.75) is 38.0 Å². The van der Waals surface area contributed by atoms with Crippen LogP contribution in [-0.4, -0.2) is 60.9 Å². The van der Waals surface area contributed by atoms with Gasteiger partial charge in [0.2, 0.25) is 5.91 Å². The molecule has 0 aliphatic carbocycles. The molecular formula is C26H32FN3O2S2. The summed E-state index contributed by atoms with van der Waals surface area (Å²) in [7, 11) is 0. The van der Waals surface area contributed by atoms with Crippen LogP contribution in [0.15, 0.2) is 41.3 Å². The lowest BCUT2D eigenvalue weighted by Gasteiger charge is -2.27. The van der Waals surface area contributed by atoms with Gasteiger partial charge in [0.1, 0.15) is 5.82 Å². The molecule has 0 bridgehead atoms. The molecule has 0 radical (unpaired) electrons. The van der Waals surface area contributed by atoms with Crippen LogP contribution in [0.3, 0.4) is 0 Å². The fourth-order valence-corrected chi connectivity index (χ4v) is 6.05. The lowest BCUT2D eigenvalue weighted by molar-refractivity contribution is -0.118. The molecule has 1 amide bonds. The summed E-state index contributed by atoms with van der Waals surface area (Å²) in [5.74, 6) is 0.710. The van der Waals surface area contributed by atoms with E-state index in [-0.39, 0.29) is 11.7 Å². The first kappa shape index (κ1) is 25.1. The lowest BCUT2D eigenvalue weighted by Crippen LogP contribution is -2.39. The quantitative estimate of drug-likeness (QED) is 0.264. The number of rotatable bonds is 10. The molecule has 4 rings (SSSR count). The van der Waals surface area contributed by atoms with Crippen molar-refractivity contribution >= 4 is 44.4 Å². The Labute approximate surface area is 209 Å². The minimum Gasteiger partial charge on any atom is -0.379 e. The molecular weight excluding hydrogens is 469 g/mol. The zero-order chi connectivity index (χ0) is 23.9. The smallest absolute Gasteiger partial charge is 0.228 e. The number of carbonyl (C=O) groups excluding carboxylic acids is 1. The number of hydrogen-bond donors (Lipinski definition) is 0. The highest BCUT2D eigenvalue weighted by atomic mass is 32.2.